The van der Waals surface area contributed by atoms with Crippen molar-refractivity contribution in [2.75, 3.05) is 10.6 Å². The van der Waals surface area contributed by atoms with Gasteiger partial charge in [-0.25, -0.2) is 14.8 Å². The van der Waals surface area contributed by atoms with Crippen molar-refractivity contribution in [1.82, 2.24) is 9.97 Å². The molecule has 0 bridgehead atoms. The largest absolute Gasteiger partial charge is 0.326 e. The first-order chi connectivity index (χ1) is 8.25. The first-order valence-corrected chi connectivity index (χ1v) is 5.64. The predicted octanol–water partition coefficient (Wildman–Crippen LogP) is 2.88. The second-order valence-electron chi connectivity index (χ2n) is 3.13. The highest BCUT2D eigenvalue weighted by atomic mass is 79.9. The zero-order chi connectivity index (χ0) is 12.1. The molecule has 2 N–H and O–H groups in total. The maximum absolute atomic E-state index is 11.6. The van der Waals surface area contributed by atoms with E-state index in [1.54, 1.807) is 24.5 Å². The van der Waals surface area contributed by atoms with E-state index in [2.05, 4.69) is 36.5 Å². The predicted molar refractivity (Wildman–Crippen MR) is 68.8 cm³/mol. The molecule has 1 heterocycles. The molecule has 0 saturated heterocycles. The summed E-state index contributed by atoms with van der Waals surface area (Å²) in [7, 11) is 0. The van der Waals surface area contributed by atoms with E-state index in [9.17, 15) is 4.79 Å². The van der Waals surface area contributed by atoms with Gasteiger partial charge in [-0.15, -0.1) is 0 Å². The second kappa shape index (κ2) is 5.40. The van der Waals surface area contributed by atoms with Crippen LogP contribution >= 0.6 is 15.9 Å². The average Bonchev–Trinajstić information content (AvgIpc) is 2.33. The molecule has 0 spiro atoms. The van der Waals surface area contributed by atoms with Gasteiger partial charge in [0.2, 0.25) is 5.95 Å². The molecule has 0 aliphatic rings. The number of para-hydroxylation sites is 1. The van der Waals surface area contributed by atoms with Gasteiger partial charge in [0.15, 0.2) is 0 Å². The van der Waals surface area contributed by atoms with Crippen LogP contribution in [0.5, 0.6) is 0 Å². The Labute approximate surface area is 106 Å². The summed E-state index contributed by atoms with van der Waals surface area (Å²) in [6.45, 7) is 0. The van der Waals surface area contributed by atoms with E-state index in [-0.39, 0.29) is 12.0 Å². The number of halogens is 1. The van der Waals surface area contributed by atoms with Crippen molar-refractivity contribution in [2.45, 2.75) is 0 Å². The monoisotopic (exact) mass is 292 g/mol. The number of nitrogens with one attached hydrogen (secondary N) is 2. The molecule has 1 aromatic carbocycles. The van der Waals surface area contributed by atoms with E-state index in [4.69, 9.17) is 0 Å². The van der Waals surface area contributed by atoms with Gasteiger partial charge in [-0.2, -0.15) is 0 Å². The summed E-state index contributed by atoms with van der Waals surface area (Å²) in [4.78, 5) is 19.4. The average molecular weight is 293 g/mol. The summed E-state index contributed by atoms with van der Waals surface area (Å²) in [5.41, 5.74) is 0.681. The molecule has 1 aromatic heterocycles. The molecule has 0 aliphatic carbocycles. The molecule has 0 fully saturated rings. The summed E-state index contributed by atoms with van der Waals surface area (Å²) in [6.07, 6.45) is 3.11. The zero-order valence-corrected chi connectivity index (χ0v) is 10.3. The third kappa shape index (κ3) is 3.25. The Morgan fingerprint density at radius 3 is 2.47 bits per heavy atom. The van der Waals surface area contributed by atoms with Crippen molar-refractivity contribution in [1.29, 1.82) is 0 Å². The maximum Gasteiger partial charge on any atom is 0.326 e. The van der Waals surface area contributed by atoms with Gasteiger partial charge >= 0.3 is 6.03 Å². The van der Waals surface area contributed by atoms with Crippen LogP contribution in [0.15, 0.2) is 47.2 Å². The lowest BCUT2D eigenvalue weighted by atomic mass is 10.3. The van der Waals surface area contributed by atoms with Gasteiger partial charge in [0.25, 0.3) is 0 Å². The standard InChI is InChI=1S/C11H9BrN4O/c12-8-4-1-2-5-9(8)15-11(17)16-10-13-6-3-7-14-10/h1-7H,(H2,13,14,15,16,17). The minimum atomic E-state index is -0.386. The van der Waals surface area contributed by atoms with Gasteiger partial charge in [-0.3, -0.25) is 5.32 Å². The molecule has 5 nitrogen and oxygen atoms in total. The minimum absolute atomic E-state index is 0.261. The molecular formula is C11H9BrN4O. The van der Waals surface area contributed by atoms with Crippen LogP contribution < -0.4 is 10.6 Å². The van der Waals surface area contributed by atoms with Crippen LogP contribution in [0.4, 0.5) is 16.4 Å². The first kappa shape index (κ1) is 11.5. The number of amides is 2. The van der Waals surface area contributed by atoms with Crippen molar-refractivity contribution < 1.29 is 4.79 Å². The SMILES string of the molecule is O=C(Nc1ncccn1)Nc1ccccc1Br. The van der Waals surface area contributed by atoms with Crippen molar-refractivity contribution in [3.63, 3.8) is 0 Å². The summed E-state index contributed by atoms with van der Waals surface area (Å²) in [5, 5.41) is 5.21. The van der Waals surface area contributed by atoms with E-state index >= 15 is 0 Å². The smallest absolute Gasteiger partial charge is 0.307 e. The number of hydrogen-bond donors (Lipinski definition) is 2. The molecule has 2 amide bonds. The van der Waals surface area contributed by atoms with Crippen LogP contribution in [0.1, 0.15) is 0 Å². The molecular weight excluding hydrogens is 284 g/mol. The lowest BCUT2D eigenvalue weighted by Gasteiger charge is -2.07. The number of anilines is 2. The van der Waals surface area contributed by atoms with Crippen molar-refractivity contribution >= 4 is 33.6 Å². The second-order valence-corrected chi connectivity index (χ2v) is 3.99. The van der Waals surface area contributed by atoms with Crippen LogP contribution in [0.3, 0.4) is 0 Å². The first-order valence-electron chi connectivity index (χ1n) is 4.85. The van der Waals surface area contributed by atoms with E-state index < -0.39 is 0 Å². The summed E-state index contributed by atoms with van der Waals surface area (Å²) in [5.74, 6) is 0.261. The van der Waals surface area contributed by atoms with E-state index in [1.165, 1.54) is 0 Å². The highest BCUT2D eigenvalue weighted by molar-refractivity contribution is 9.10. The van der Waals surface area contributed by atoms with E-state index in [1.807, 2.05) is 18.2 Å². The molecule has 2 rings (SSSR count). The number of carbonyl (C=O) groups excluding carboxylic acids is 1. The molecule has 86 valence electrons. The minimum Gasteiger partial charge on any atom is -0.307 e. The zero-order valence-electron chi connectivity index (χ0n) is 8.72. The third-order valence-corrected chi connectivity index (χ3v) is 2.60. The number of nitrogens with zero attached hydrogens (tertiary/aromatic N) is 2. The quantitative estimate of drug-likeness (QED) is 0.894. The van der Waals surface area contributed by atoms with Crippen LogP contribution in [0, 0.1) is 0 Å². The van der Waals surface area contributed by atoms with Crippen LogP contribution in [-0.4, -0.2) is 16.0 Å². The molecule has 0 saturated carbocycles. The molecule has 6 heteroatoms. The van der Waals surface area contributed by atoms with E-state index in [0.717, 1.165) is 4.47 Å². The lowest BCUT2D eigenvalue weighted by molar-refractivity contribution is 0.262. The number of urea groups is 1. The van der Waals surface area contributed by atoms with Gasteiger partial charge in [-0.1, -0.05) is 12.1 Å². The number of hydrogen-bond acceptors (Lipinski definition) is 3. The fourth-order valence-electron chi connectivity index (χ4n) is 1.18. The van der Waals surface area contributed by atoms with Crippen molar-refractivity contribution in [3.05, 3.63) is 47.2 Å². The Balaban J connectivity index is 2.01. The third-order valence-electron chi connectivity index (χ3n) is 1.91. The molecule has 0 atom stereocenters. The molecule has 0 aliphatic heterocycles. The van der Waals surface area contributed by atoms with Gasteiger partial charge < -0.3 is 5.32 Å². The fraction of sp³-hybridized carbons (Fsp3) is 0. The Bertz CT molecular complexity index is 518. The van der Waals surface area contributed by atoms with Crippen LogP contribution in [0.2, 0.25) is 0 Å². The molecule has 17 heavy (non-hydrogen) atoms. The maximum atomic E-state index is 11.6. The highest BCUT2D eigenvalue weighted by Gasteiger charge is 2.05. The van der Waals surface area contributed by atoms with Crippen molar-refractivity contribution in [3.8, 4) is 0 Å². The number of benzene rings is 1. The Kier molecular flexibility index (Phi) is 3.66. The topological polar surface area (TPSA) is 66.9 Å². The van der Waals surface area contributed by atoms with Gasteiger partial charge in [0.1, 0.15) is 0 Å². The Hall–Kier alpha value is -1.95. The fourth-order valence-corrected chi connectivity index (χ4v) is 1.57. The summed E-state index contributed by atoms with van der Waals surface area (Å²) >= 11 is 3.34. The molecule has 0 unspecified atom stereocenters. The summed E-state index contributed by atoms with van der Waals surface area (Å²) < 4.78 is 0.809. The highest BCUT2D eigenvalue weighted by Crippen LogP contribution is 2.21. The number of rotatable bonds is 2. The normalized spacial score (nSPS) is 9.71. The molecule has 2 aromatic rings. The van der Waals surface area contributed by atoms with Gasteiger partial charge in [-0.05, 0) is 34.1 Å². The Morgan fingerprint density at radius 1 is 1.06 bits per heavy atom. The lowest BCUT2D eigenvalue weighted by Crippen LogP contribution is -2.20. The molecule has 0 radical (unpaired) electrons. The van der Waals surface area contributed by atoms with Crippen molar-refractivity contribution in [2.24, 2.45) is 0 Å². The number of aromatic nitrogens is 2. The van der Waals surface area contributed by atoms with Gasteiger partial charge in [0.05, 0.1) is 5.69 Å². The van der Waals surface area contributed by atoms with Gasteiger partial charge in [0, 0.05) is 16.9 Å². The summed E-state index contributed by atoms with van der Waals surface area (Å²) in [6, 6.07) is 8.62. The van der Waals surface area contributed by atoms with Crippen LogP contribution in [0.25, 0.3) is 0 Å². The van der Waals surface area contributed by atoms with Crippen LogP contribution in [-0.2, 0) is 0 Å². The number of carbonyl (C=O) groups is 1. The Morgan fingerprint density at radius 2 is 1.76 bits per heavy atom. The van der Waals surface area contributed by atoms with E-state index in [0.29, 0.717) is 5.69 Å².